The van der Waals surface area contributed by atoms with Crippen molar-refractivity contribution in [1.29, 1.82) is 5.26 Å². The van der Waals surface area contributed by atoms with Crippen molar-refractivity contribution in [1.82, 2.24) is 24.8 Å². The number of hydrogen-bond donors (Lipinski definition) is 1. The number of benzene rings is 2. The lowest BCUT2D eigenvalue weighted by molar-refractivity contribution is -0.133. The van der Waals surface area contributed by atoms with Crippen LogP contribution in [0.5, 0.6) is 5.88 Å². The number of ether oxygens (including phenoxy) is 1. The number of nitrogens with zero attached hydrogens (tertiary/aromatic N) is 6. The maximum Gasteiger partial charge on any atom is 0.244 e. The highest BCUT2D eigenvalue weighted by Crippen LogP contribution is 2.51. The van der Waals surface area contributed by atoms with Gasteiger partial charge in [0.2, 0.25) is 18.2 Å². The number of nitriles is 1. The van der Waals surface area contributed by atoms with Crippen LogP contribution in [0.1, 0.15) is 61.1 Å². The summed E-state index contributed by atoms with van der Waals surface area (Å²) < 4.78 is 52.6. The number of hydrogen-bond acceptors (Lipinski definition) is 7. The molecule has 2 bridgehead atoms. The number of likely N-dealkylation sites (tertiary alicyclic amines) is 1. The molecule has 5 aromatic rings. The maximum absolute atomic E-state index is 17.3. The molecule has 294 valence electrons. The summed E-state index contributed by atoms with van der Waals surface area (Å²) in [5.41, 5.74) is 4.86. The molecule has 14 heteroatoms. The molecular weight excluding hydrogens is 774 g/mol. The predicted octanol–water partition coefficient (Wildman–Crippen LogP) is 8.83. The summed E-state index contributed by atoms with van der Waals surface area (Å²) in [6.07, 6.45) is 2.63. The minimum absolute atomic E-state index is 0.0287. The molecule has 7 heterocycles. The van der Waals surface area contributed by atoms with Gasteiger partial charge in [0.25, 0.3) is 0 Å². The number of pyridine rings is 2. The molecule has 2 aromatic carbocycles. The molecule has 6 fully saturated rings. The Labute approximate surface area is 337 Å². The number of aromatic nitrogens is 3. The van der Waals surface area contributed by atoms with Crippen LogP contribution in [-0.4, -0.2) is 70.1 Å². The van der Waals surface area contributed by atoms with Crippen molar-refractivity contribution in [2.75, 3.05) is 31.1 Å². The Bertz CT molecular complexity index is 2480. The summed E-state index contributed by atoms with van der Waals surface area (Å²) in [5.74, 6) is -0.338. The molecule has 0 unspecified atom stereocenters. The Balaban J connectivity index is 1.10. The summed E-state index contributed by atoms with van der Waals surface area (Å²) in [6.45, 7) is 3.69. The lowest BCUT2D eigenvalue weighted by Crippen LogP contribution is -2.50. The van der Waals surface area contributed by atoms with E-state index in [4.69, 9.17) is 32.9 Å². The smallest absolute Gasteiger partial charge is 0.244 e. The number of carbonyl (C=O) groups excluding carboxylic acids is 1. The SMILES string of the molecule is Cc1nc2c(F)c(-c3cccc(Cl)c3Cl)c(CCC#N)cc2c2c1cc([C@H]1C[C@H](Oc3cc(N4CC(C(F)F)C4)ccn3)CN1C(=O)C1CC1)n2[C@H]1[C@H]2CN[C@@H]1C2. The first-order valence-electron chi connectivity index (χ1n) is 19.8. The average molecular weight is 815 g/mol. The first-order chi connectivity index (χ1) is 27.6. The monoisotopic (exact) mass is 813 g/mol. The Hall–Kier alpha value is -4.57. The van der Waals surface area contributed by atoms with Gasteiger partial charge in [0.15, 0.2) is 5.82 Å². The van der Waals surface area contributed by atoms with Crippen LogP contribution in [0, 0.1) is 41.8 Å². The van der Waals surface area contributed by atoms with Gasteiger partial charge in [-0.1, -0.05) is 35.3 Å². The molecule has 5 atom stereocenters. The fourth-order valence-corrected chi connectivity index (χ4v) is 10.2. The van der Waals surface area contributed by atoms with Gasteiger partial charge in [-0.15, -0.1) is 0 Å². The third-order valence-electron chi connectivity index (χ3n) is 12.9. The van der Waals surface area contributed by atoms with Crippen molar-refractivity contribution in [2.24, 2.45) is 17.8 Å². The van der Waals surface area contributed by atoms with E-state index < -0.39 is 18.2 Å². The summed E-state index contributed by atoms with van der Waals surface area (Å²) in [5, 5.41) is 15.4. The number of fused-ring (bicyclic) bond motifs is 4. The van der Waals surface area contributed by atoms with E-state index in [0.29, 0.717) is 58.4 Å². The molecule has 0 spiro atoms. The Kier molecular flexibility index (Phi) is 9.07. The third-order valence-corrected chi connectivity index (χ3v) is 13.7. The fourth-order valence-electron chi connectivity index (χ4n) is 9.78. The molecule has 1 amide bonds. The van der Waals surface area contributed by atoms with Crippen LogP contribution in [0.4, 0.5) is 18.9 Å². The van der Waals surface area contributed by atoms with E-state index >= 15 is 4.39 Å². The van der Waals surface area contributed by atoms with Crippen molar-refractivity contribution in [3.05, 3.63) is 81.5 Å². The molecule has 2 aliphatic carbocycles. The number of carbonyl (C=O) groups is 1. The van der Waals surface area contributed by atoms with Gasteiger partial charge >= 0.3 is 0 Å². The number of halogens is 5. The number of anilines is 1. The lowest BCUT2D eigenvalue weighted by Gasteiger charge is -2.40. The maximum atomic E-state index is 17.3. The number of nitrogens with one attached hydrogen (secondary N) is 1. The lowest BCUT2D eigenvalue weighted by atomic mass is 9.79. The molecule has 1 N–H and O–H groups in total. The zero-order valence-corrected chi connectivity index (χ0v) is 32.7. The van der Waals surface area contributed by atoms with Crippen LogP contribution in [0.15, 0.2) is 48.7 Å². The van der Waals surface area contributed by atoms with Gasteiger partial charge in [-0.2, -0.15) is 5.26 Å². The van der Waals surface area contributed by atoms with Crippen molar-refractivity contribution in [2.45, 2.75) is 76.1 Å². The van der Waals surface area contributed by atoms with Crippen molar-refractivity contribution < 1.29 is 22.7 Å². The summed E-state index contributed by atoms with van der Waals surface area (Å²) in [4.78, 5) is 27.4. The van der Waals surface area contributed by atoms with Crippen LogP contribution in [0.3, 0.4) is 0 Å². The van der Waals surface area contributed by atoms with Crippen LogP contribution in [-0.2, 0) is 11.2 Å². The minimum Gasteiger partial charge on any atom is -0.472 e. The van der Waals surface area contributed by atoms with E-state index in [2.05, 4.69) is 27.0 Å². The van der Waals surface area contributed by atoms with Gasteiger partial charge in [-0.25, -0.2) is 23.1 Å². The Morgan fingerprint density at radius 1 is 1.11 bits per heavy atom. The zero-order valence-electron chi connectivity index (χ0n) is 31.2. The molecule has 4 saturated heterocycles. The minimum atomic E-state index is -2.35. The highest BCUT2D eigenvalue weighted by molar-refractivity contribution is 6.43. The number of rotatable bonds is 10. The van der Waals surface area contributed by atoms with E-state index in [-0.39, 0.29) is 71.7 Å². The molecule has 0 radical (unpaired) electrons. The van der Waals surface area contributed by atoms with Gasteiger partial charge in [0.05, 0.1) is 46.2 Å². The topological polar surface area (TPSA) is 99.3 Å². The van der Waals surface area contributed by atoms with E-state index in [0.717, 1.165) is 48.1 Å². The second-order valence-corrected chi connectivity index (χ2v) is 17.2. The quantitative estimate of drug-likeness (QED) is 0.151. The zero-order chi connectivity index (χ0) is 39.3. The van der Waals surface area contributed by atoms with Crippen LogP contribution in [0.25, 0.3) is 32.9 Å². The van der Waals surface area contributed by atoms with E-state index in [1.807, 2.05) is 22.8 Å². The van der Waals surface area contributed by atoms with Crippen LogP contribution < -0.4 is 15.0 Å². The van der Waals surface area contributed by atoms with E-state index in [1.54, 1.807) is 36.5 Å². The van der Waals surface area contributed by atoms with Gasteiger partial charge in [-0.05, 0) is 68.4 Å². The average Bonchev–Trinajstić information content (AvgIpc) is 3.45. The van der Waals surface area contributed by atoms with E-state index in [9.17, 15) is 18.8 Å². The first-order valence-corrected chi connectivity index (χ1v) is 20.5. The molecular formula is C43H40Cl2F3N7O2. The number of amides is 1. The molecule has 6 aliphatic rings. The molecule has 2 saturated carbocycles. The van der Waals surface area contributed by atoms with Crippen molar-refractivity contribution in [3.8, 4) is 23.1 Å². The fraction of sp³-hybridized carbons (Fsp3) is 0.442. The van der Waals surface area contributed by atoms with E-state index in [1.165, 1.54) is 0 Å². The largest absolute Gasteiger partial charge is 0.472 e. The van der Waals surface area contributed by atoms with Gasteiger partial charge in [0, 0.05) is 95.7 Å². The summed E-state index contributed by atoms with van der Waals surface area (Å²) in [7, 11) is 0. The highest BCUT2D eigenvalue weighted by Gasteiger charge is 2.51. The van der Waals surface area contributed by atoms with Crippen LogP contribution >= 0.6 is 23.2 Å². The molecule has 11 rings (SSSR count). The number of aryl methyl sites for hydroxylation is 2. The first kappa shape index (κ1) is 36.7. The molecule has 57 heavy (non-hydrogen) atoms. The standard InChI is InChI=1S/C43H40Cl2F3N7O2/c1-21-29-16-34(33-15-27(20-54(33)43(56)22-7-8-22)57-35-14-26(9-11-50-35)53-18-25(19-53)42(47)48)55(40-24-13-32(40)51-17-24)41(29)30-12-23(4-3-10-49)36(38(46)39(30)52-21)28-5-2-6-31(44)37(28)45/h2,5-6,9,11-12,14,16,22,24-25,27,32-33,40,42,51H,3-4,7-8,13,15,17-20H2,1H3/t24-,27+,32-,33-,40+/m1/s1. The second kappa shape index (κ2) is 14.1. The molecule has 3 aromatic heterocycles. The highest BCUT2D eigenvalue weighted by atomic mass is 35.5. The summed E-state index contributed by atoms with van der Waals surface area (Å²) in [6, 6.07) is 15.0. The summed E-state index contributed by atoms with van der Waals surface area (Å²) >= 11 is 13.1. The van der Waals surface area contributed by atoms with Gasteiger partial charge in [0.1, 0.15) is 11.6 Å². The Morgan fingerprint density at radius 2 is 1.93 bits per heavy atom. The normalized spacial score (nSPS) is 24.4. The predicted molar refractivity (Wildman–Crippen MR) is 212 cm³/mol. The van der Waals surface area contributed by atoms with Crippen LogP contribution in [0.2, 0.25) is 10.0 Å². The van der Waals surface area contributed by atoms with Gasteiger partial charge in [-0.3, -0.25) is 4.79 Å². The third kappa shape index (κ3) is 6.11. The molecule has 4 aliphatic heterocycles. The number of alkyl halides is 2. The second-order valence-electron chi connectivity index (χ2n) is 16.4. The Morgan fingerprint density at radius 3 is 2.65 bits per heavy atom. The van der Waals surface area contributed by atoms with Crippen molar-refractivity contribution in [3.63, 3.8) is 0 Å². The van der Waals surface area contributed by atoms with Crippen molar-refractivity contribution >= 4 is 56.6 Å². The van der Waals surface area contributed by atoms with Gasteiger partial charge < -0.3 is 24.4 Å². The molecule has 9 nitrogen and oxygen atoms in total.